The SMILES string of the molecule is CCCCCCCCCCCC(=O)O.CCCCCCCCCCCCC(=O)O.CCCCCCCCCCCCC(=O)O.CCCCCCCCCCCCCCCCCCCCCCCCCC(=O)O.CCCCCCCCCCCCCCCCCCCCCCCCCCC(=O)O. The third-order valence-electron chi connectivity index (χ3n) is 20.2. The standard InChI is InChI=1S/C27H54O2.C26H52O2.2C13H26O2.C12H24O2/c1-2-3-4-5-6-7-8-9-10-11-12-13-14-15-16-17-18-19-20-21-22-23-24-25-26-27(28)29;1-2-3-4-5-6-7-8-9-10-11-12-13-14-15-16-17-18-19-20-21-22-23-24-25-26(27)28;2*1-2-3-4-5-6-7-8-9-10-11-12-13(14)15;1-2-3-4-5-6-7-8-9-10-11-12(13)14/h2-26H2,1H3,(H,28,29);2-25H2,1H3,(H,27,28);2*2-12H2,1H3,(H,14,15);2-11H2,1H3,(H,13,14). The van der Waals surface area contributed by atoms with Crippen LogP contribution in [-0.4, -0.2) is 55.4 Å². The topological polar surface area (TPSA) is 186 Å². The number of hydrogen-bond acceptors (Lipinski definition) is 5. The minimum atomic E-state index is -0.659. The fourth-order valence-corrected chi connectivity index (χ4v) is 13.4. The van der Waals surface area contributed by atoms with Gasteiger partial charge in [-0.25, -0.2) is 0 Å². The Kier molecular flexibility index (Phi) is 110. The molecule has 0 unspecified atom stereocenters. The zero-order valence-electron chi connectivity index (χ0n) is 69.1. The Balaban J connectivity index is -0.000000395. The average Bonchev–Trinajstić information content (AvgIpc) is 3.71. The van der Waals surface area contributed by atoms with Crippen molar-refractivity contribution in [2.45, 2.75) is 555 Å². The summed E-state index contributed by atoms with van der Waals surface area (Å²) in [4.78, 5) is 51.5. The van der Waals surface area contributed by atoms with Crippen LogP contribution in [0.4, 0.5) is 0 Å². The summed E-state index contributed by atoms with van der Waals surface area (Å²) in [5.74, 6) is -3.27. The number of carboxylic acids is 5. The highest BCUT2D eigenvalue weighted by molar-refractivity contribution is 5.67. The van der Waals surface area contributed by atoms with E-state index in [1.807, 2.05) is 0 Å². The molecule has 0 spiro atoms. The van der Waals surface area contributed by atoms with Gasteiger partial charge in [-0.3, -0.25) is 24.0 Å². The van der Waals surface area contributed by atoms with Crippen molar-refractivity contribution < 1.29 is 49.5 Å². The Bertz CT molecular complexity index is 1500. The Morgan fingerprint density at radius 1 is 0.119 bits per heavy atom. The van der Waals surface area contributed by atoms with Gasteiger partial charge in [-0.2, -0.15) is 0 Å². The molecule has 0 aliphatic carbocycles. The normalized spacial score (nSPS) is 10.9. The molecule has 0 amide bonds. The van der Waals surface area contributed by atoms with E-state index in [9.17, 15) is 24.0 Å². The van der Waals surface area contributed by atoms with Crippen molar-refractivity contribution in [3.63, 3.8) is 0 Å². The molecule has 10 nitrogen and oxygen atoms in total. The van der Waals surface area contributed by atoms with Gasteiger partial charge in [0.1, 0.15) is 0 Å². The van der Waals surface area contributed by atoms with E-state index in [0.29, 0.717) is 32.1 Å². The molecule has 0 radical (unpaired) electrons. The van der Waals surface area contributed by atoms with Gasteiger partial charge >= 0.3 is 29.8 Å². The molecule has 5 N–H and O–H groups in total. The molecule has 0 rings (SSSR count). The fourth-order valence-electron chi connectivity index (χ4n) is 13.4. The summed E-state index contributed by atoms with van der Waals surface area (Å²) in [6, 6.07) is 0. The molecule has 0 aromatic carbocycles. The molecule has 0 saturated heterocycles. The smallest absolute Gasteiger partial charge is 0.303 e. The van der Waals surface area contributed by atoms with Crippen molar-refractivity contribution >= 4 is 29.8 Å². The van der Waals surface area contributed by atoms with Gasteiger partial charge in [0.25, 0.3) is 0 Å². The number of hydrogen-bond donors (Lipinski definition) is 5. The molecule has 0 aliphatic heterocycles. The molecule has 0 aliphatic rings. The van der Waals surface area contributed by atoms with Crippen molar-refractivity contribution in [1.29, 1.82) is 0 Å². The maximum absolute atomic E-state index is 10.4. The molecule has 10 heteroatoms. The molecule has 0 aromatic heterocycles. The van der Waals surface area contributed by atoms with E-state index in [4.69, 9.17) is 25.5 Å². The predicted molar refractivity (Wildman–Crippen MR) is 441 cm³/mol. The monoisotopic (exact) mass is 1440 g/mol. The first kappa shape index (κ1) is 107. The van der Waals surface area contributed by atoms with Crippen LogP contribution in [0, 0.1) is 0 Å². The summed E-state index contributed by atoms with van der Waals surface area (Å²) in [6.07, 6.45) is 103. The van der Waals surface area contributed by atoms with Crippen LogP contribution in [0.25, 0.3) is 0 Å². The van der Waals surface area contributed by atoms with Crippen LogP contribution in [0.1, 0.15) is 555 Å². The number of aliphatic carboxylic acids is 5. The molecule has 0 fully saturated rings. The predicted octanol–water partition coefficient (Wildman–Crippen LogP) is 32.1. The maximum Gasteiger partial charge on any atom is 0.303 e. The van der Waals surface area contributed by atoms with Crippen LogP contribution >= 0.6 is 0 Å². The molecule has 0 saturated carbocycles. The Morgan fingerprint density at radius 2 is 0.178 bits per heavy atom. The van der Waals surface area contributed by atoms with E-state index in [2.05, 4.69) is 34.6 Å². The van der Waals surface area contributed by atoms with Gasteiger partial charge < -0.3 is 25.5 Å². The first-order valence-electron chi connectivity index (χ1n) is 45.4. The summed E-state index contributed by atoms with van der Waals surface area (Å²) in [7, 11) is 0. The molecule has 0 atom stereocenters. The summed E-state index contributed by atoms with van der Waals surface area (Å²) < 4.78 is 0. The molecular weight excluding hydrogens is 1250 g/mol. The quantitative estimate of drug-likeness (QED) is 0.0367. The van der Waals surface area contributed by atoms with Gasteiger partial charge in [-0.1, -0.05) is 490 Å². The summed E-state index contributed by atoms with van der Waals surface area (Å²) in [5.41, 5.74) is 0. The zero-order valence-corrected chi connectivity index (χ0v) is 69.1. The van der Waals surface area contributed by atoms with Gasteiger partial charge in [-0.05, 0) is 32.1 Å². The van der Waals surface area contributed by atoms with E-state index in [1.54, 1.807) is 0 Å². The highest BCUT2D eigenvalue weighted by atomic mass is 16.4. The second-order valence-corrected chi connectivity index (χ2v) is 30.8. The first-order valence-corrected chi connectivity index (χ1v) is 45.4. The van der Waals surface area contributed by atoms with Crippen molar-refractivity contribution in [3.05, 3.63) is 0 Å². The highest BCUT2D eigenvalue weighted by Crippen LogP contribution is 2.20. The second-order valence-electron chi connectivity index (χ2n) is 30.8. The molecular formula is C91H182O10. The molecule has 0 bridgehead atoms. The highest BCUT2D eigenvalue weighted by Gasteiger charge is 2.03. The Hall–Kier alpha value is -2.65. The van der Waals surface area contributed by atoms with E-state index in [0.717, 1.165) is 64.2 Å². The summed E-state index contributed by atoms with van der Waals surface area (Å²) in [6.45, 7) is 11.3. The molecule has 0 heterocycles. The largest absolute Gasteiger partial charge is 0.481 e. The van der Waals surface area contributed by atoms with E-state index < -0.39 is 29.8 Å². The van der Waals surface area contributed by atoms with E-state index >= 15 is 0 Å². The van der Waals surface area contributed by atoms with Gasteiger partial charge in [-0.15, -0.1) is 0 Å². The minimum absolute atomic E-state index is 0.343. The Labute approximate surface area is 630 Å². The van der Waals surface area contributed by atoms with Crippen LogP contribution in [0.3, 0.4) is 0 Å². The summed E-state index contributed by atoms with van der Waals surface area (Å²) in [5, 5.41) is 42.5. The average molecular weight is 1440 g/mol. The third-order valence-corrected chi connectivity index (χ3v) is 20.2. The van der Waals surface area contributed by atoms with Gasteiger partial charge in [0.15, 0.2) is 0 Å². The van der Waals surface area contributed by atoms with Crippen LogP contribution in [-0.2, 0) is 24.0 Å². The van der Waals surface area contributed by atoms with E-state index in [-0.39, 0.29) is 0 Å². The lowest BCUT2D eigenvalue weighted by molar-refractivity contribution is -0.138. The second kappa shape index (κ2) is 104. The first-order chi connectivity index (χ1) is 49.4. The van der Waals surface area contributed by atoms with Crippen molar-refractivity contribution in [3.8, 4) is 0 Å². The maximum atomic E-state index is 10.4. The lowest BCUT2D eigenvalue weighted by atomic mass is 10.0. The molecule has 101 heavy (non-hydrogen) atoms. The van der Waals surface area contributed by atoms with Crippen LogP contribution in [0.5, 0.6) is 0 Å². The number of carbonyl (C=O) groups is 5. The lowest BCUT2D eigenvalue weighted by Gasteiger charge is -2.04. The van der Waals surface area contributed by atoms with Crippen LogP contribution in [0.2, 0.25) is 0 Å². The van der Waals surface area contributed by atoms with Crippen molar-refractivity contribution in [2.24, 2.45) is 0 Å². The van der Waals surface area contributed by atoms with Crippen molar-refractivity contribution in [1.82, 2.24) is 0 Å². The fraction of sp³-hybridized carbons (Fsp3) is 0.945. The third kappa shape index (κ3) is 127. The zero-order chi connectivity index (χ0) is 75.2. The van der Waals surface area contributed by atoms with Crippen molar-refractivity contribution in [2.75, 3.05) is 0 Å². The lowest BCUT2D eigenvalue weighted by Crippen LogP contribution is -1.93. The molecule has 0 aromatic rings. The van der Waals surface area contributed by atoms with Crippen LogP contribution in [0.15, 0.2) is 0 Å². The van der Waals surface area contributed by atoms with Gasteiger partial charge in [0.05, 0.1) is 0 Å². The van der Waals surface area contributed by atoms with E-state index in [1.165, 1.54) is 424 Å². The number of unbranched alkanes of at least 4 members (excludes halogenated alkanes) is 71. The minimum Gasteiger partial charge on any atom is -0.481 e. The van der Waals surface area contributed by atoms with Gasteiger partial charge in [0, 0.05) is 32.1 Å². The molecule has 606 valence electrons. The number of rotatable bonds is 81. The number of carboxylic acid groups (broad SMARTS) is 5. The van der Waals surface area contributed by atoms with Gasteiger partial charge in [0.2, 0.25) is 0 Å². The Morgan fingerprint density at radius 3 is 0.238 bits per heavy atom. The summed E-state index contributed by atoms with van der Waals surface area (Å²) >= 11 is 0. The van der Waals surface area contributed by atoms with Crippen LogP contribution < -0.4 is 0 Å².